The Balaban J connectivity index is 1.81. The second kappa shape index (κ2) is 8.72. The third-order valence-electron chi connectivity index (χ3n) is 7.80. The van der Waals surface area contributed by atoms with Gasteiger partial charge >= 0.3 is 0 Å². The Labute approximate surface area is 195 Å². The van der Waals surface area contributed by atoms with Crippen molar-refractivity contribution in [3.63, 3.8) is 0 Å². The number of aliphatic hydroxyl groups is 1. The van der Waals surface area contributed by atoms with Gasteiger partial charge in [-0.3, -0.25) is 14.4 Å². The molecule has 4 rings (SSSR count). The highest BCUT2D eigenvalue weighted by Crippen LogP contribution is 2.64. The second-order valence-electron chi connectivity index (χ2n) is 9.89. The van der Waals surface area contributed by atoms with Crippen LogP contribution in [-0.4, -0.2) is 64.7 Å². The molecule has 8 nitrogen and oxygen atoms in total. The molecule has 3 heterocycles. The van der Waals surface area contributed by atoms with E-state index in [0.29, 0.717) is 12.8 Å². The molecular weight excluding hydrogens is 422 g/mol. The van der Waals surface area contributed by atoms with Crippen LogP contribution in [-0.2, 0) is 19.1 Å². The first-order chi connectivity index (χ1) is 15.7. The largest absolute Gasteiger partial charge is 0.394 e. The maximum absolute atomic E-state index is 14.0. The van der Waals surface area contributed by atoms with E-state index in [-0.39, 0.29) is 30.4 Å². The lowest BCUT2D eigenvalue weighted by Crippen LogP contribution is -2.57. The van der Waals surface area contributed by atoms with Crippen molar-refractivity contribution in [1.82, 2.24) is 15.5 Å². The number of nitrogens with zero attached hydrogens (tertiary/aromatic N) is 1. The minimum Gasteiger partial charge on any atom is -0.394 e. The van der Waals surface area contributed by atoms with Gasteiger partial charge in [0.15, 0.2) is 0 Å². The molecule has 3 fully saturated rings. The highest BCUT2D eigenvalue weighted by Gasteiger charge is 2.78. The highest BCUT2D eigenvalue weighted by atomic mass is 16.5. The number of ether oxygens (including phenoxy) is 1. The van der Waals surface area contributed by atoms with Gasteiger partial charge < -0.3 is 25.4 Å². The predicted molar refractivity (Wildman–Crippen MR) is 122 cm³/mol. The monoisotopic (exact) mass is 457 g/mol. The first kappa shape index (κ1) is 23.7. The Morgan fingerprint density at radius 3 is 2.55 bits per heavy atom. The molecule has 0 aliphatic carbocycles. The molecule has 3 aliphatic heterocycles. The van der Waals surface area contributed by atoms with E-state index in [9.17, 15) is 19.5 Å². The fraction of sp³-hybridized carbons (Fsp3) is 0.640. The second-order valence-corrected chi connectivity index (χ2v) is 9.89. The number of fused-ring (bicyclic) bond motifs is 1. The van der Waals surface area contributed by atoms with Crippen LogP contribution < -0.4 is 10.6 Å². The number of nitrogens with one attached hydrogen (secondary N) is 2. The molecule has 0 aromatic heterocycles. The quantitative estimate of drug-likeness (QED) is 0.549. The van der Waals surface area contributed by atoms with Gasteiger partial charge in [0.2, 0.25) is 17.7 Å². The minimum absolute atomic E-state index is 0.0665. The Bertz CT molecular complexity index is 924. The maximum Gasteiger partial charge on any atom is 0.246 e. The molecule has 2 bridgehead atoms. The summed E-state index contributed by atoms with van der Waals surface area (Å²) in [5.74, 6) is -2.31. The maximum atomic E-state index is 14.0. The summed E-state index contributed by atoms with van der Waals surface area (Å²) < 4.78 is 6.55. The molecular formula is C25H35N3O5. The molecule has 180 valence electrons. The molecule has 3 amide bonds. The number of benzene rings is 1. The number of rotatable bonds is 8. The van der Waals surface area contributed by atoms with Gasteiger partial charge in [-0.2, -0.15) is 0 Å². The summed E-state index contributed by atoms with van der Waals surface area (Å²) in [6.45, 7) is 5.53. The third kappa shape index (κ3) is 3.54. The fourth-order valence-corrected chi connectivity index (χ4v) is 6.41. The Morgan fingerprint density at radius 1 is 1.24 bits per heavy atom. The molecule has 3 unspecified atom stereocenters. The SMILES string of the molecule is CCCC(C)NC(=O)C1N([C@H](CO)c2ccccc2)C(=O)[C@@H]2[C@H](C(=O)NC)[C@]3(C)CCC12O3. The number of aliphatic hydroxyl groups excluding tert-OH is 1. The van der Waals surface area contributed by atoms with E-state index in [4.69, 9.17) is 4.74 Å². The van der Waals surface area contributed by atoms with Crippen LogP contribution in [0.3, 0.4) is 0 Å². The molecule has 1 spiro atoms. The first-order valence-electron chi connectivity index (χ1n) is 11.9. The summed E-state index contributed by atoms with van der Waals surface area (Å²) in [7, 11) is 1.55. The van der Waals surface area contributed by atoms with Crippen LogP contribution in [0.25, 0.3) is 0 Å². The zero-order valence-electron chi connectivity index (χ0n) is 19.8. The minimum atomic E-state index is -1.10. The Hall–Kier alpha value is -2.45. The number of hydrogen-bond donors (Lipinski definition) is 3. The van der Waals surface area contributed by atoms with Crippen LogP contribution >= 0.6 is 0 Å². The molecule has 3 saturated heterocycles. The number of carbonyl (C=O) groups is 3. The van der Waals surface area contributed by atoms with Crippen LogP contribution in [0, 0.1) is 11.8 Å². The smallest absolute Gasteiger partial charge is 0.246 e. The van der Waals surface area contributed by atoms with Crippen LogP contribution in [0.1, 0.15) is 58.1 Å². The molecule has 7 atom stereocenters. The van der Waals surface area contributed by atoms with Crippen molar-refractivity contribution in [3.8, 4) is 0 Å². The summed E-state index contributed by atoms with van der Waals surface area (Å²) in [6, 6.07) is 7.51. The van der Waals surface area contributed by atoms with Gasteiger partial charge in [0.1, 0.15) is 11.6 Å². The van der Waals surface area contributed by atoms with Crippen molar-refractivity contribution >= 4 is 17.7 Å². The van der Waals surface area contributed by atoms with Crippen molar-refractivity contribution in [2.24, 2.45) is 11.8 Å². The fourth-order valence-electron chi connectivity index (χ4n) is 6.41. The van der Waals surface area contributed by atoms with Crippen LogP contribution in [0.5, 0.6) is 0 Å². The van der Waals surface area contributed by atoms with Crippen LogP contribution in [0.4, 0.5) is 0 Å². The molecule has 1 aromatic rings. The van der Waals surface area contributed by atoms with Gasteiger partial charge in [0.25, 0.3) is 0 Å². The predicted octanol–water partition coefficient (Wildman–Crippen LogP) is 1.54. The molecule has 3 N–H and O–H groups in total. The van der Waals surface area contributed by atoms with Crippen molar-refractivity contribution in [1.29, 1.82) is 0 Å². The van der Waals surface area contributed by atoms with Gasteiger partial charge in [-0.1, -0.05) is 43.7 Å². The normalized spacial score (nSPS) is 34.2. The lowest BCUT2D eigenvalue weighted by molar-refractivity contribution is -0.150. The average molecular weight is 458 g/mol. The number of amides is 3. The van der Waals surface area contributed by atoms with Gasteiger partial charge in [-0.15, -0.1) is 0 Å². The van der Waals surface area contributed by atoms with E-state index in [2.05, 4.69) is 17.6 Å². The van der Waals surface area contributed by atoms with Gasteiger partial charge in [0, 0.05) is 13.1 Å². The first-order valence-corrected chi connectivity index (χ1v) is 11.9. The highest BCUT2D eigenvalue weighted by molar-refractivity contribution is 5.99. The Kier molecular flexibility index (Phi) is 6.26. The van der Waals surface area contributed by atoms with Crippen LogP contribution in [0.15, 0.2) is 30.3 Å². The Morgan fingerprint density at radius 2 is 1.94 bits per heavy atom. The molecule has 33 heavy (non-hydrogen) atoms. The summed E-state index contributed by atoms with van der Waals surface area (Å²) >= 11 is 0. The van der Waals surface area contributed by atoms with Gasteiger partial charge in [-0.25, -0.2) is 0 Å². The standard InChI is InChI=1S/C25H35N3O5/c1-5-9-15(2)27-22(31)20-25-13-12-24(3,33-25)18(21(30)26-4)19(25)23(32)28(20)17(14-29)16-10-7-6-8-11-16/h6-8,10-11,15,17-20,29H,5,9,12-14H2,1-4H3,(H,26,30)(H,27,31)/t15?,17-,18-,19+,20?,24+,25?/m1/s1. The summed E-state index contributed by atoms with van der Waals surface area (Å²) in [4.78, 5) is 42.2. The molecule has 1 aromatic carbocycles. The van der Waals surface area contributed by atoms with Gasteiger partial charge in [0.05, 0.1) is 30.1 Å². The number of likely N-dealkylation sites (tertiary alicyclic amines) is 1. The van der Waals surface area contributed by atoms with Gasteiger partial charge in [-0.05, 0) is 38.7 Å². The zero-order chi connectivity index (χ0) is 24.0. The number of carbonyl (C=O) groups excluding carboxylic acids is 3. The third-order valence-corrected chi connectivity index (χ3v) is 7.80. The molecule has 0 radical (unpaired) electrons. The van der Waals surface area contributed by atoms with Crippen molar-refractivity contribution in [3.05, 3.63) is 35.9 Å². The van der Waals surface area contributed by atoms with Crippen molar-refractivity contribution in [2.45, 2.75) is 75.8 Å². The zero-order valence-corrected chi connectivity index (χ0v) is 19.8. The van der Waals surface area contributed by atoms with E-state index in [1.807, 2.05) is 44.2 Å². The van der Waals surface area contributed by atoms with E-state index in [1.165, 1.54) is 4.90 Å². The van der Waals surface area contributed by atoms with Crippen molar-refractivity contribution in [2.75, 3.05) is 13.7 Å². The van der Waals surface area contributed by atoms with E-state index in [1.54, 1.807) is 7.05 Å². The topological polar surface area (TPSA) is 108 Å². The van der Waals surface area contributed by atoms with Crippen molar-refractivity contribution < 1.29 is 24.2 Å². The lowest BCUT2D eigenvalue weighted by Gasteiger charge is -2.37. The lowest BCUT2D eigenvalue weighted by atomic mass is 9.66. The van der Waals surface area contributed by atoms with E-state index in [0.717, 1.165) is 18.4 Å². The average Bonchev–Trinajstić information content (AvgIpc) is 3.36. The number of hydrogen-bond acceptors (Lipinski definition) is 5. The van der Waals surface area contributed by atoms with E-state index >= 15 is 0 Å². The molecule has 0 saturated carbocycles. The van der Waals surface area contributed by atoms with Crippen LogP contribution in [0.2, 0.25) is 0 Å². The molecule has 8 heteroatoms. The summed E-state index contributed by atoms with van der Waals surface area (Å²) in [5, 5.41) is 16.1. The molecule has 3 aliphatic rings. The summed E-state index contributed by atoms with van der Waals surface area (Å²) in [6.07, 6.45) is 2.83. The summed E-state index contributed by atoms with van der Waals surface area (Å²) in [5.41, 5.74) is -1.16. The van der Waals surface area contributed by atoms with E-state index < -0.39 is 35.1 Å².